The number of esters is 1. The normalized spacial score (nSPS) is 14.2. The van der Waals surface area contributed by atoms with Gasteiger partial charge < -0.3 is 13.7 Å². The molecule has 38 heavy (non-hydrogen) atoms. The van der Waals surface area contributed by atoms with Gasteiger partial charge in [0.25, 0.3) is 0 Å². The summed E-state index contributed by atoms with van der Waals surface area (Å²) in [4.78, 5) is 12.1. The van der Waals surface area contributed by atoms with Gasteiger partial charge in [0.1, 0.15) is 18.5 Å². The Morgan fingerprint density at radius 1 is 0.868 bits per heavy atom. The Kier molecular flexibility index (Phi) is 10.2. The first-order chi connectivity index (χ1) is 17.4. The molecule has 1 atom stereocenters. The number of rotatable bonds is 10. The maximum atomic E-state index is 12.1. The van der Waals surface area contributed by atoms with Gasteiger partial charge in [-0.15, -0.1) is 10.3 Å². The molecule has 5 heteroatoms. The smallest absolute Gasteiger partial charge is 0.338 e. The fourth-order valence-corrected chi connectivity index (χ4v) is 5.88. The Labute approximate surface area is 234 Å². The average Bonchev–Trinajstić information content (AvgIpc) is 2.82. The molecular formula is C33H52O4S. The van der Waals surface area contributed by atoms with Crippen LogP contribution in [0.2, 0.25) is 0 Å². The third kappa shape index (κ3) is 6.96. The molecule has 0 bridgehead atoms. The van der Waals surface area contributed by atoms with E-state index in [2.05, 4.69) is 105 Å². The highest BCUT2D eigenvalue weighted by Crippen LogP contribution is 2.56. The summed E-state index contributed by atoms with van der Waals surface area (Å²) in [7, 11) is 0.143. The zero-order chi connectivity index (χ0) is 29.1. The number of hydrogen-bond donors (Lipinski definition) is 0. The topological polar surface area (TPSA) is 44.8 Å². The number of carbonyl (C=O) groups excluding carboxylic acids is 1. The summed E-state index contributed by atoms with van der Waals surface area (Å²) < 4.78 is 18.2. The third-order valence-corrected chi connectivity index (χ3v) is 12.0. The lowest BCUT2D eigenvalue weighted by molar-refractivity contribution is 0.0523. The second kappa shape index (κ2) is 12.0. The fourth-order valence-electron chi connectivity index (χ4n) is 4.66. The molecule has 214 valence electrons. The molecule has 0 saturated heterocycles. The quantitative estimate of drug-likeness (QED) is 0.280. The van der Waals surface area contributed by atoms with Crippen LogP contribution in [0.15, 0.2) is 36.4 Å². The molecule has 4 nitrogen and oxygen atoms in total. The lowest BCUT2D eigenvalue weighted by Crippen LogP contribution is -2.39. The molecule has 0 aliphatic rings. The van der Waals surface area contributed by atoms with Crippen molar-refractivity contribution in [3.63, 3.8) is 0 Å². The Morgan fingerprint density at radius 3 is 1.82 bits per heavy atom. The first-order valence-corrected chi connectivity index (χ1v) is 16.2. The molecule has 0 amide bonds. The summed E-state index contributed by atoms with van der Waals surface area (Å²) in [6.07, 6.45) is 6.38. The van der Waals surface area contributed by atoms with Gasteiger partial charge in [0.15, 0.2) is 0 Å². The van der Waals surface area contributed by atoms with Gasteiger partial charge >= 0.3 is 5.97 Å². The summed E-state index contributed by atoms with van der Waals surface area (Å²) in [6, 6.07) is 12.7. The summed E-state index contributed by atoms with van der Waals surface area (Å²) in [5, 5.41) is 0. The van der Waals surface area contributed by atoms with E-state index in [-0.39, 0.29) is 27.7 Å². The van der Waals surface area contributed by atoms with Crippen LogP contribution < -0.4 is 4.74 Å². The van der Waals surface area contributed by atoms with Gasteiger partial charge in [0.2, 0.25) is 0 Å². The third-order valence-electron chi connectivity index (χ3n) is 8.31. The summed E-state index contributed by atoms with van der Waals surface area (Å²) in [5.41, 5.74) is 4.95. The molecule has 0 radical (unpaired) electrons. The van der Waals surface area contributed by atoms with Crippen LogP contribution in [0.3, 0.4) is 0 Å². The lowest BCUT2D eigenvalue weighted by atomic mass is 9.70. The predicted molar refractivity (Wildman–Crippen MR) is 164 cm³/mol. The number of hydrogen-bond acceptors (Lipinski definition) is 4. The molecule has 2 aromatic rings. The molecule has 0 heterocycles. The monoisotopic (exact) mass is 544 g/mol. The molecule has 0 spiro atoms. The molecule has 0 aliphatic heterocycles. The van der Waals surface area contributed by atoms with Crippen molar-refractivity contribution in [3.05, 3.63) is 64.2 Å². The Hall–Kier alpha value is -1.98. The summed E-state index contributed by atoms with van der Waals surface area (Å²) >= 11 is 0. The first-order valence-electron chi connectivity index (χ1n) is 13.8. The minimum atomic E-state index is -1.28. The van der Waals surface area contributed by atoms with Gasteiger partial charge in [-0.05, 0) is 79.0 Å². The van der Waals surface area contributed by atoms with Crippen LogP contribution in [0.4, 0.5) is 0 Å². The maximum Gasteiger partial charge on any atom is 0.338 e. The number of carbonyl (C=O) groups is 1. The second-order valence-electron chi connectivity index (χ2n) is 12.9. The fraction of sp³-hybridized carbons (Fsp3) is 0.606. The van der Waals surface area contributed by atoms with Gasteiger partial charge in [-0.3, -0.25) is 0 Å². The number of methoxy groups -OCH3 is 1. The Bertz CT molecular complexity index is 1100. The minimum Gasteiger partial charge on any atom is -0.491 e. The van der Waals surface area contributed by atoms with E-state index in [0.717, 1.165) is 29.7 Å². The van der Waals surface area contributed by atoms with Crippen molar-refractivity contribution in [2.75, 3.05) is 26.2 Å². The van der Waals surface area contributed by atoms with Gasteiger partial charge in [0.05, 0.1) is 12.7 Å². The van der Waals surface area contributed by atoms with E-state index in [1.807, 2.05) is 13.0 Å². The molecule has 0 N–H and O–H groups in total. The van der Waals surface area contributed by atoms with Crippen molar-refractivity contribution >= 4 is 16.3 Å². The van der Waals surface area contributed by atoms with Crippen LogP contribution in [0, 0.1) is 19.3 Å². The largest absolute Gasteiger partial charge is 0.491 e. The van der Waals surface area contributed by atoms with Gasteiger partial charge in [-0.2, -0.15) is 0 Å². The van der Waals surface area contributed by atoms with Crippen molar-refractivity contribution in [2.45, 2.75) is 98.3 Å². The van der Waals surface area contributed by atoms with Gasteiger partial charge in [-0.25, -0.2) is 4.79 Å². The van der Waals surface area contributed by atoms with Crippen molar-refractivity contribution in [1.82, 2.24) is 0 Å². The Balaban J connectivity index is 2.37. The number of benzene rings is 2. The second-order valence-corrected chi connectivity index (χ2v) is 16.8. The highest BCUT2D eigenvalue weighted by molar-refractivity contribution is 8.29. The van der Waals surface area contributed by atoms with Crippen LogP contribution in [0.1, 0.15) is 101 Å². The number of aryl methyl sites for hydroxylation is 2. The molecular weight excluding hydrogens is 492 g/mol. The summed E-state index contributed by atoms with van der Waals surface area (Å²) in [6.45, 7) is 22.5. The van der Waals surface area contributed by atoms with E-state index in [1.54, 1.807) is 0 Å². The zero-order valence-corrected chi connectivity index (χ0v) is 27.0. The zero-order valence-electron chi connectivity index (χ0n) is 26.2. The van der Waals surface area contributed by atoms with E-state index in [4.69, 9.17) is 13.7 Å². The molecule has 2 rings (SSSR count). The van der Waals surface area contributed by atoms with E-state index < -0.39 is 10.3 Å². The molecule has 0 fully saturated rings. The first kappa shape index (κ1) is 32.2. The van der Waals surface area contributed by atoms with Crippen molar-refractivity contribution < 1.29 is 18.5 Å². The highest BCUT2D eigenvalue weighted by atomic mass is 32.3. The van der Waals surface area contributed by atoms with E-state index in [9.17, 15) is 4.79 Å². The average molecular weight is 545 g/mol. The van der Waals surface area contributed by atoms with Crippen molar-refractivity contribution in [1.29, 1.82) is 0 Å². The molecule has 0 saturated carbocycles. The predicted octanol–water partition coefficient (Wildman–Crippen LogP) is 8.78. The molecule has 0 aromatic heterocycles. The number of ether oxygens (including phenoxy) is 2. The van der Waals surface area contributed by atoms with Crippen LogP contribution in [0.25, 0.3) is 0 Å². The SMILES string of the molecule is CCC(CC)(c1ccc(OCC(OS(C)(C)C(C)(C)C)C(C)(C)C)c(C)c1)c1ccc(C(=O)OC)c(C)c1. The van der Waals surface area contributed by atoms with E-state index in [1.165, 1.54) is 18.2 Å². The van der Waals surface area contributed by atoms with E-state index >= 15 is 0 Å². The highest BCUT2D eigenvalue weighted by Gasteiger charge is 2.37. The standard InChI is InChI=1S/C33H52O4S/c1-14-33(15-2,25-16-18-27(23(3)20-25)30(34)35-11)26-17-19-28(24(4)21-26)36-22-29(31(5,6)7)37-38(12,13)32(8,9)10/h16-21,29H,14-15,22H2,1-13H3. The van der Waals surface area contributed by atoms with Crippen molar-refractivity contribution in [3.8, 4) is 5.75 Å². The van der Waals surface area contributed by atoms with E-state index in [0.29, 0.717) is 12.2 Å². The molecule has 0 aliphatic carbocycles. The van der Waals surface area contributed by atoms with Crippen LogP contribution >= 0.6 is 10.3 Å². The van der Waals surface area contributed by atoms with Crippen molar-refractivity contribution in [2.24, 2.45) is 5.41 Å². The van der Waals surface area contributed by atoms with Crippen LogP contribution in [-0.4, -0.2) is 43.0 Å². The maximum absolute atomic E-state index is 12.1. The summed E-state index contributed by atoms with van der Waals surface area (Å²) in [5.74, 6) is 0.600. The van der Waals surface area contributed by atoms with Crippen LogP contribution in [0.5, 0.6) is 5.75 Å². The molecule has 2 aromatic carbocycles. The lowest BCUT2D eigenvalue weighted by Gasteiger charge is -2.48. The van der Waals surface area contributed by atoms with Crippen LogP contribution in [-0.2, 0) is 14.3 Å². The molecule has 1 unspecified atom stereocenters. The minimum absolute atomic E-state index is 0.0209. The Morgan fingerprint density at radius 2 is 1.39 bits per heavy atom. The van der Waals surface area contributed by atoms with Gasteiger partial charge in [0, 0.05) is 10.2 Å². The van der Waals surface area contributed by atoms with Gasteiger partial charge in [-0.1, -0.05) is 79.7 Å².